The van der Waals surface area contributed by atoms with Crippen LogP contribution < -0.4 is 10.4 Å². The minimum absolute atomic E-state index is 0.0312. The molecule has 0 saturated carbocycles. The fourth-order valence-corrected chi connectivity index (χ4v) is 14.5. The Bertz CT molecular complexity index is 1010. The molecule has 0 aliphatic heterocycles. The summed E-state index contributed by atoms with van der Waals surface area (Å²) in [5, 5.41) is 2.75. The molecule has 0 N–H and O–H groups in total. The smallest absolute Gasteiger partial charge is 0.261 e. The van der Waals surface area contributed by atoms with Crippen molar-refractivity contribution in [3.05, 3.63) is 72.8 Å². The van der Waals surface area contributed by atoms with Crippen molar-refractivity contribution in [2.75, 3.05) is 6.61 Å². The Morgan fingerprint density at radius 2 is 1.26 bits per heavy atom. The molecule has 0 amide bonds. The molecule has 42 heavy (non-hydrogen) atoms. The quantitative estimate of drug-likeness (QED) is 0.0692. The summed E-state index contributed by atoms with van der Waals surface area (Å²) in [7, 11) is -4.11. The van der Waals surface area contributed by atoms with E-state index in [1.54, 1.807) is 0 Å². The van der Waals surface area contributed by atoms with Crippen molar-refractivity contribution in [2.24, 2.45) is 11.8 Å². The van der Waals surface area contributed by atoms with Gasteiger partial charge in [0, 0.05) is 18.9 Å². The van der Waals surface area contributed by atoms with Gasteiger partial charge in [-0.2, -0.15) is 0 Å². The van der Waals surface area contributed by atoms with Gasteiger partial charge in [0.05, 0.1) is 6.10 Å². The Morgan fingerprint density at radius 1 is 0.738 bits per heavy atom. The second-order valence-electron chi connectivity index (χ2n) is 13.4. The predicted octanol–water partition coefficient (Wildman–Crippen LogP) is 9.08. The summed E-state index contributed by atoms with van der Waals surface area (Å²) in [4.78, 5) is 11.5. The van der Waals surface area contributed by atoms with Crippen LogP contribution in [0.25, 0.3) is 0 Å². The van der Waals surface area contributed by atoms with Crippen molar-refractivity contribution in [1.82, 2.24) is 0 Å². The van der Waals surface area contributed by atoms with Gasteiger partial charge in [-0.15, -0.1) is 0 Å². The maximum atomic E-state index is 11.5. The molecule has 1 aliphatic rings. The van der Waals surface area contributed by atoms with E-state index < -0.39 is 16.6 Å². The summed E-state index contributed by atoms with van der Waals surface area (Å²) in [6.07, 6.45) is 15.0. The van der Waals surface area contributed by atoms with E-state index in [4.69, 9.17) is 8.85 Å². The lowest BCUT2D eigenvalue weighted by Crippen LogP contribution is -2.66. The second kappa shape index (κ2) is 16.9. The molecule has 0 radical (unpaired) electrons. The van der Waals surface area contributed by atoms with Crippen molar-refractivity contribution in [3.8, 4) is 0 Å². The first-order valence-corrected chi connectivity index (χ1v) is 21.3. The minimum atomic E-state index is -2.43. The van der Waals surface area contributed by atoms with Gasteiger partial charge >= 0.3 is 0 Å². The van der Waals surface area contributed by atoms with Gasteiger partial charge in [0.25, 0.3) is 8.32 Å². The van der Waals surface area contributed by atoms with Crippen molar-refractivity contribution >= 4 is 33.3 Å². The number of unbranched alkanes of at least 4 members (excludes halogenated alkanes) is 5. The number of hydrogen-bond donors (Lipinski definition) is 0. The van der Waals surface area contributed by atoms with E-state index in [2.05, 4.69) is 114 Å². The largest absolute Gasteiger partial charge is 0.410 e. The molecule has 0 unspecified atom stereocenters. The van der Waals surface area contributed by atoms with Crippen LogP contribution in [0.15, 0.2) is 72.8 Å². The molecule has 2 aromatic carbocycles. The Hall–Kier alpha value is -1.80. The van der Waals surface area contributed by atoms with E-state index in [-0.39, 0.29) is 11.1 Å². The maximum absolute atomic E-state index is 11.5. The Balaban J connectivity index is 1.45. The van der Waals surface area contributed by atoms with Crippen molar-refractivity contribution in [3.63, 3.8) is 0 Å². The number of aldehydes is 1. The third kappa shape index (κ3) is 8.65. The zero-order chi connectivity index (χ0) is 30.5. The van der Waals surface area contributed by atoms with Crippen LogP contribution in [0.4, 0.5) is 0 Å². The average molecular weight is 607 g/mol. The third-order valence-corrected chi connectivity index (χ3v) is 19.6. The molecule has 1 aliphatic carbocycles. The lowest BCUT2D eigenvalue weighted by Gasteiger charge is -2.43. The van der Waals surface area contributed by atoms with Crippen LogP contribution in [0, 0.1) is 11.8 Å². The van der Waals surface area contributed by atoms with Crippen LogP contribution in [0.3, 0.4) is 0 Å². The SMILES string of the molecule is CC[Si](CC)(CC)O[C@@H]1C=C[C@H](CCCCCCCCO[Si](c2ccccc2)(c2ccccc2)C(C)(C)C)[C@@H]1CC=O. The third-order valence-electron chi connectivity index (χ3n) is 9.87. The monoisotopic (exact) mass is 606 g/mol. The van der Waals surface area contributed by atoms with Crippen molar-refractivity contribution < 1.29 is 13.6 Å². The number of rotatable bonds is 19. The van der Waals surface area contributed by atoms with Crippen LogP contribution in [0.1, 0.15) is 92.9 Å². The Labute approximate surface area is 259 Å². The van der Waals surface area contributed by atoms with Gasteiger partial charge in [-0.25, -0.2) is 0 Å². The molecule has 3 rings (SSSR count). The molecule has 2 aromatic rings. The van der Waals surface area contributed by atoms with E-state index in [1.807, 2.05) is 0 Å². The summed E-state index contributed by atoms with van der Waals surface area (Å²) in [6.45, 7) is 14.7. The lowest BCUT2D eigenvalue weighted by molar-refractivity contribution is -0.109. The molecule has 3 nitrogen and oxygen atoms in total. The molecule has 3 atom stereocenters. The van der Waals surface area contributed by atoms with E-state index in [9.17, 15) is 4.79 Å². The van der Waals surface area contributed by atoms with E-state index in [1.165, 1.54) is 48.9 Å². The summed E-state index contributed by atoms with van der Waals surface area (Å²) < 4.78 is 13.9. The topological polar surface area (TPSA) is 35.5 Å². The van der Waals surface area contributed by atoms with Gasteiger partial charge in [0.2, 0.25) is 0 Å². The molecule has 0 aromatic heterocycles. The zero-order valence-electron chi connectivity index (χ0n) is 27.4. The standard InChI is InChI=1S/C37H58O3Si2/c1-7-41(8-2,9-3)40-36-28-27-32(35(36)29-30-38)22-16-12-10-11-13-21-31-39-42(37(4,5)6,33-23-17-14-18-24-33)34-25-19-15-20-26-34/h14-15,17-20,23-28,30,32,35-36H,7-13,16,21-22,29,31H2,1-6H3/t32-,35-,36+/m0/s1. The Kier molecular flexibility index (Phi) is 14.0. The highest BCUT2D eigenvalue weighted by atomic mass is 28.4. The van der Waals surface area contributed by atoms with Gasteiger partial charge in [-0.1, -0.05) is 146 Å². The van der Waals surface area contributed by atoms with Crippen LogP contribution >= 0.6 is 0 Å². The first-order valence-electron chi connectivity index (χ1n) is 16.8. The summed E-state index contributed by atoms with van der Waals surface area (Å²) >= 11 is 0. The molecule has 5 heteroatoms. The predicted molar refractivity (Wildman–Crippen MR) is 185 cm³/mol. The molecule has 0 spiro atoms. The minimum Gasteiger partial charge on any atom is -0.410 e. The molecule has 0 heterocycles. The number of allylic oxidation sites excluding steroid dienone is 1. The van der Waals surface area contributed by atoms with Gasteiger partial charge in [0.15, 0.2) is 8.32 Å². The maximum Gasteiger partial charge on any atom is 0.261 e. The average Bonchev–Trinajstić information content (AvgIpc) is 3.37. The normalized spacial score (nSPS) is 19.3. The summed E-state index contributed by atoms with van der Waals surface area (Å²) in [6, 6.07) is 25.4. The second-order valence-corrected chi connectivity index (χ2v) is 22.4. The van der Waals surface area contributed by atoms with Gasteiger partial charge in [-0.3, -0.25) is 0 Å². The number of carbonyl (C=O) groups is 1. The fourth-order valence-electron chi connectivity index (χ4n) is 7.10. The number of hydrogen-bond acceptors (Lipinski definition) is 3. The molecule has 0 saturated heterocycles. The summed E-state index contributed by atoms with van der Waals surface area (Å²) in [5.74, 6) is 0.815. The highest BCUT2D eigenvalue weighted by Crippen LogP contribution is 2.38. The zero-order valence-corrected chi connectivity index (χ0v) is 29.4. The molecule has 0 bridgehead atoms. The summed E-state index contributed by atoms with van der Waals surface area (Å²) in [5.41, 5.74) is 0. The lowest BCUT2D eigenvalue weighted by atomic mass is 9.87. The Morgan fingerprint density at radius 3 is 1.76 bits per heavy atom. The van der Waals surface area contributed by atoms with Crippen LogP contribution in [-0.2, 0) is 13.6 Å². The highest BCUT2D eigenvalue weighted by Gasteiger charge is 2.50. The fraction of sp³-hybridized carbons (Fsp3) is 0.595. The van der Waals surface area contributed by atoms with E-state index in [0.717, 1.165) is 37.4 Å². The van der Waals surface area contributed by atoms with Gasteiger partial charge < -0.3 is 13.6 Å². The van der Waals surface area contributed by atoms with E-state index >= 15 is 0 Å². The van der Waals surface area contributed by atoms with Crippen LogP contribution in [-0.4, -0.2) is 35.6 Å². The first kappa shape index (κ1) is 34.7. The van der Waals surface area contributed by atoms with E-state index in [0.29, 0.717) is 18.3 Å². The number of benzene rings is 2. The van der Waals surface area contributed by atoms with Crippen LogP contribution in [0.5, 0.6) is 0 Å². The van der Waals surface area contributed by atoms with Crippen LogP contribution in [0.2, 0.25) is 23.2 Å². The molecular formula is C37H58O3Si2. The molecule has 0 fully saturated rings. The molecule has 232 valence electrons. The van der Waals surface area contributed by atoms with Gasteiger partial charge in [0.1, 0.15) is 6.29 Å². The number of carbonyl (C=O) groups excluding carboxylic acids is 1. The first-order chi connectivity index (χ1) is 20.3. The molecular weight excluding hydrogens is 549 g/mol. The van der Waals surface area contributed by atoms with Crippen molar-refractivity contribution in [2.45, 2.75) is 122 Å². The van der Waals surface area contributed by atoms with Gasteiger partial charge in [-0.05, 0) is 52.3 Å². The highest BCUT2D eigenvalue weighted by molar-refractivity contribution is 6.99. The van der Waals surface area contributed by atoms with Crippen molar-refractivity contribution in [1.29, 1.82) is 0 Å².